The fourth-order valence-corrected chi connectivity index (χ4v) is 7.77. The van der Waals surface area contributed by atoms with E-state index in [9.17, 15) is 9.59 Å². The van der Waals surface area contributed by atoms with Crippen LogP contribution in [0.4, 0.5) is 0 Å². The lowest BCUT2D eigenvalue weighted by Gasteiger charge is -2.58. The first-order chi connectivity index (χ1) is 13.9. The number of hydrogen-bond donors (Lipinski definition) is 1. The fourth-order valence-electron chi connectivity index (χ4n) is 7.77. The molecular weight excluding hydrogens is 364 g/mol. The molecule has 0 aromatic rings. The number of carbonyl (C=O) groups is 2. The molecule has 5 fully saturated rings. The van der Waals surface area contributed by atoms with E-state index < -0.39 is 0 Å². The van der Waals surface area contributed by atoms with Crippen LogP contribution in [-0.2, 0) is 14.3 Å². The third kappa shape index (κ3) is 3.15. The molecule has 1 N–H and O–H groups in total. The molecule has 4 aliphatic carbocycles. The number of ether oxygens (including phenoxy) is 1. The van der Waals surface area contributed by atoms with Gasteiger partial charge in [0.15, 0.2) is 0 Å². The largest absolute Gasteiger partial charge is 0.355 e. The number of hydrogen-bond acceptors (Lipinski definition) is 5. The molecule has 7 atom stereocenters. The Morgan fingerprint density at radius 1 is 1.07 bits per heavy atom. The average molecular weight is 401 g/mol. The number of aliphatic imine (C=N–C) groups is 1. The third-order valence-electron chi connectivity index (χ3n) is 9.62. The van der Waals surface area contributed by atoms with Gasteiger partial charge in [-0.2, -0.15) is 0 Å². The molecule has 1 heterocycles. The monoisotopic (exact) mass is 400 g/mol. The van der Waals surface area contributed by atoms with Gasteiger partial charge in [0, 0.05) is 36.4 Å². The van der Waals surface area contributed by atoms with E-state index in [1.807, 2.05) is 0 Å². The predicted molar refractivity (Wildman–Crippen MR) is 112 cm³/mol. The SMILES string of the molecule is CC12CCC3C(CC(=O)C4CC(=NCOC5CCNC5)CCC43C)C1CCC2=O. The number of carbonyl (C=O) groups excluding carboxylic acids is 2. The Labute approximate surface area is 174 Å². The molecule has 4 saturated carbocycles. The zero-order chi connectivity index (χ0) is 20.2. The lowest BCUT2D eigenvalue weighted by atomic mass is 9.45. The van der Waals surface area contributed by atoms with Crippen LogP contribution in [-0.4, -0.2) is 43.2 Å². The van der Waals surface area contributed by atoms with E-state index in [2.05, 4.69) is 19.2 Å². The Balaban J connectivity index is 1.30. The number of rotatable bonds is 3. The lowest BCUT2D eigenvalue weighted by Crippen LogP contribution is -2.56. The van der Waals surface area contributed by atoms with Crippen molar-refractivity contribution in [3.63, 3.8) is 0 Å². The third-order valence-corrected chi connectivity index (χ3v) is 9.62. The van der Waals surface area contributed by atoms with Crippen LogP contribution < -0.4 is 5.32 Å². The number of ketones is 2. The molecule has 5 rings (SSSR count). The fraction of sp³-hybridized carbons (Fsp3) is 0.875. The van der Waals surface area contributed by atoms with Crippen molar-refractivity contribution in [1.82, 2.24) is 5.32 Å². The highest BCUT2D eigenvalue weighted by molar-refractivity contribution is 5.94. The molecule has 5 aliphatic rings. The number of nitrogens with zero attached hydrogens (tertiary/aromatic N) is 1. The van der Waals surface area contributed by atoms with Gasteiger partial charge in [-0.1, -0.05) is 13.8 Å². The quantitative estimate of drug-likeness (QED) is 0.787. The lowest BCUT2D eigenvalue weighted by molar-refractivity contribution is -0.152. The van der Waals surface area contributed by atoms with Gasteiger partial charge >= 0.3 is 0 Å². The second-order valence-corrected chi connectivity index (χ2v) is 10.9. The highest BCUT2D eigenvalue weighted by Gasteiger charge is 2.62. The van der Waals surface area contributed by atoms with Crippen LogP contribution in [0, 0.1) is 34.5 Å². The first-order valence-corrected chi connectivity index (χ1v) is 11.8. The van der Waals surface area contributed by atoms with Gasteiger partial charge in [0.25, 0.3) is 0 Å². The van der Waals surface area contributed by atoms with Gasteiger partial charge < -0.3 is 10.1 Å². The van der Waals surface area contributed by atoms with E-state index in [-0.39, 0.29) is 22.9 Å². The van der Waals surface area contributed by atoms with Gasteiger partial charge in [0.05, 0.1) is 6.10 Å². The first-order valence-electron chi connectivity index (χ1n) is 11.8. The van der Waals surface area contributed by atoms with Crippen molar-refractivity contribution in [3.05, 3.63) is 0 Å². The number of Topliss-reactive ketones (excluding diaryl/α,β-unsaturated/α-hetero) is 2. The zero-order valence-corrected chi connectivity index (χ0v) is 18.0. The zero-order valence-electron chi connectivity index (χ0n) is 18.0. The molecule has 0 aromatic heterocycles. The summed E-state index contributed by atoms with van der Waals surface area (Å²) < 4.78 is 5.88. The number of nitrogens with one attached hydrogen (secondary N) is 1. The standard InChI is InChI=1S/C24H36N2O3/c1-23-8-5-15(26-14-29-16-7-10-25-13-16)11-20(23)21(27)12-17-18-3-4-22(28)24(18,2)9-6-19(17)23/h16-20,25H,3-14H2,1-2H3. The molecule has 0 radical (unpaired) electrons. The Morgan fingerprint density at radius 2 is 1.93 bits per heavy atom. The highest BCUT2D eigenvalue weighted by Crippen LogP contribution is 2.64. The van der Waals surface area contributed by atoms with Crippen LogP contribution in [0.1, 0.15) is 71.6 Å². The molecule has 160 valence electrons. The van der Waals surface area contributed by atoms with Gasteiger partial charge in [-0.15, -0.1) is 0 Å². The second kappa shape index (κ2) is 7.26. The Bertz CT molecular complexity index is 728. The van der Waals surface area contributed by atoms with E-state index in [0.29, 0.717) is 42.5 Å². The molecule has 5 nitrogen and oxygen atoms in total. The van der Waals surface area contributed by atoms with Crippen molar-refractivity contribution in [3.8, 4) is 0 Å². The Morgan fingerprint density at radius 3 is 2.72 bits per heavy atom. The van der Waals surface area contributed by atoms with Crippen molar-refractivity contribution >= 4 is 17.3 Å². The van der Waals surface area contributed by atoms with E-state index in [1.165, 1.54) is 5.71 Å². The normalized spacial score (nSPS) is 48.5. The van der Waals surface area contributed by atoms with Crippen molar-refractivity contribution in [2.24, 2.45) is 39.5 Å². The highest BCUT2D eigenvalue weighted by atomic mass is 16.5. The van der Waals surface area contributed by atoms with Gasteiger partial charge in [-0.3, -0.25) is 14.6 Å². The smallest absolute Gasteiger partial charge is 0.139 e. The summed E-state index contributed by atoms with van der Waals surface area (Å²) in [6.07, 6.45) is 8.80. The molecule has 0 aromatic carbocycles. The van der Waals surface area contributed by atoms with E-state index in [1.54, 1.807) is 0 Å². The molecule has 5 heteroatoms. The van der Waals surface area contributed by atoms with E-state index in [0.717, 1.165) is 64.5 Å². The Kier molecular flexibility index (Phi) is 4.98. The van der Waals surface area contributed by atoms with E-state index in [4.69, 9.17) is 9.73 Å². The van der Waals surface area contributed by atoms with Crippen LogP contribution in [0.5, 0.6) is 0 Å². The minimum Gasteiger partial charge on any atom is -0.355 e. The average Bonchev–Trinajstić information content (AvgIpc) is 3.31. The van der Waals surface area contributed by atoms with Gasteiger partial charge in [-0.25, -0.2) is 0 Å². The topological polar surface area (TPSA) is 67.8 Å². The summed E-state index contributed by atoms with van der Waals surface area (Å²) in [6, 6.07) is 0. The maximum Gasteiger partial charge on any atom is 0.139 e. The summed E-state index contributed by atoms with van der Waals surface area (Å²) in [4.78, 5) is 30.6. The van der Waals surface area contributed by atoms with Crippen LogP contribution in [0.2, 0.25) is 0 Å². The number of fused-ring (bicyclic) bond motifs is 5. The summed E-state index contributed by atoms with van der Waals surface area (Å²) >= 11 is 0. The van der Waals surface area contributed by atoms with Crippen LogP contribution >= 0.6 is 0 Å². The predicted octanol–water partition coefficient (Wildman–Crippen LogP) is 3.55. The van der Waals surface area contributed by atoms with E-state index >= 15 is 0 Å². The second-order valence-electron chi connectivity index (χ2n) is 10.9. The summed E-state index contributed by atoms with van der Waals surface area (Å²) in [5, 5.41) is 3.32. The van der Waals surface area contributed by atoms with Crippen molar-refractivity contribution in [2.75, 3.05) is 19.8 Å². The summed E-state index contributed by atoms with van der Waals surface area (Å²) in [5.74, 6) is 2.45. The van der Waals surface area contributed by atoms with Crippen molar-refractivity contribution in [1.29, 1.82) is 0 Å². The summed E-state index contributed by atoms with van der Waals surface area (Å²) in [6.45, 7) is 6.96. The van der Waals surface area contributed by atoms with Gasteiger partial charge in [-0.05, 0) is 74.7 Å². The molecule has 7 unspecified atom stereocenters. The summed E-state index contributed by atoms with van der Waals surface area (Å²) in [5.41, 5.74) is 1.11. The van der Waals surface area contributed by atoms with Crippen LogP contribution in [0.25, 0.3) is 0 Å². The van der Waals surface area contributed by atoms with Gasteiger partial charge in [0.2, 0.25) is 0 Å². The molecule has 1 saturated heterocycles. The van der Waals surface area contributed by atoms with Gasteiger partial charge in [0.1, 0.15) is 18.3 Å². The maximum atomic E-state index is 13.3. The minimum absolute atomic E-state index is 0.0855. The molecule has 0 amide bonds. The molecular formula is C24H36N2O3. The molecule has 29 heavy (non-hydrogen) atoms. The molecule has 1 aliphatic heterocycles. The van der Waals surface area contributed by atoms with Crippen LogP contribution in [0.15, 0.2) is 4.99 Å². The molecule has 0 bridgehead atoms. The van der Waals surface area contributed by atoms with Crippen LogP contribution in [0.3, 0.4) is 0 Å². The minimum atomic E-state index is -0.154. The Hall–Kier alpha value is -1.07. The maximum absolute atomic E-state index is 13.3. The molecule has 0 spiro atoms. The first kappa shape index (κ1) is 19.9. The summed E-state index contributed by atoms with van der Waals surface area (Å²) in [7, 11) is 0. The van der Waals surface area contributed by atoms with Crippen molar-refractivity contribution < 1.29 is 14.3 Å². The van der Waals surface area contributed by atoms with Crippen molar-refractivity contribution in [2.45, 2.75) is 77.7 Å².